The Morgan fingerprint density at radius 2 is 2.06 bits per heavy atom. The molecule has 2 aliphatic rings. The second-order valence-electron chi connectivity index (χ2n) is 5.68. The summed E-state index contributed by atoms with van der Waals surface area (Å²) in [4.78, 5) is 4.45. The number of nitrogen functional groups attached to an aromatic ring is 1. The first-order valence-electron chi connectivity index (χ1n) is 6.49. The van der Waals surface area contributed by atoms with Crippen LogP contribution in [0.2, 0.25) is 0 Å². The van der Waals surface area contributed by atoms with Gasteiger partial charge < -0.3 is 10.3 Å². The lowest BCUT2D eigenvalue weighted by molar-refractivity contribution is 0.377. The molecule has 17 heavy (non-hydrogen) atoms. The predicted octanol–water partition coefficient (Wildman–Crippen LogP) is 2.81. The third-order valence-corrected chi connectivity index (χ3v) is 4.49. The Balaban J connectivity index is 1.77. The van der Waals surface area contributed by atoms with E-state index in [0.717, 1.165) is 18.0 Å². The Kier molecular flexibility index (Phi) is 1.70. The highest BCUT2D eigenvalue weighted by molar-refractivity contribution is 5.78. The molecule has 0 bridgehead atoms. The van der Waals surface area contributed by atoms with Crippen LogP contribution < -0.4 is 5.73 Å². The molecule has 2 saturated carbocycles. The zero-order valence-corrected chi connectivity index (χ0v) is 9.89. The Hall–Kier alpha value is -1.51. The van der Waals surface area contributed by atoms with Crippen molar-refractivity contribution in [2.75, 3.05) is 5.73 Å². The number of imidazole rings is 1. The van der Waals surface area contributed by atoms with Gasteiger partial charge in [0.05, 0.1) is 11.0 Å². The van der Waals surface area contributed by atoms with Crippen molar-refractivity contribution >= 4 is 17.0 Å². The number of nitrogens with zero attached hydrogens (tertiary/aromatic N) is 2. The third-order valence-electron chi connectivity index (χ3n) is 4.49. The molecule has 3 nitrogen and oxygen atoms in total. The number of nitrogens with two attached hydrogens (primary N) is 1. The summed E-state index contributed by atoms with van der Waals surface area (Å²) in [7, 11) is 0. The Morgan fingerprint density at radius 3 is 2.76 bits per heavy atom. The summed E-state index contributed by atoms with van der Waals surface area (Å²) in [6.45, 7) is 1.07. The van der Waals surface area contributed by atoms with Crippen LogP contribution in [0.25, 0.3) is 11.0 Å². The zero-order chi connectivity index (χ0) is 11.5. The molecule has 0 unspecified atom stereocenters. The van der Waals surface area contributed by atoms with Gasteiger partial charge in [0.15, 0.2) is 0 Å². The smallest absolute Gasteiger partial charge is 0.201 e. The summed E-state index contributed by atoms with van der Waals surface area (Å²) in [5, 5.41) is 0. The lowest BCUT2D eigenvalue weighted by atomic mass is 10.0. The molecule has 0 radical (unpaired) electrons. The van der Waals surface area contributed by atoms with E-state index in [4.69, 9.17) is 5.73 Å². The second-order valence-corrected chi connectivity index (χ2v) is 5.68. The lowest BCUT2D eigenvalue weighted by Gasteiger charge is -2.16. The minimum Gasteiger partial charge on any atom is -0.369 e. The molecule has 2 N–H and O–H groups in total. The van der Waals surface area contributed by atoms with Crippen molar-refractivity contribution in [1.29, 1.82) is 0 Å². The summed E-state index contributed by atoms with van der Waals surface area (Å²) in [6, 6.07) is 8.25. The maximum Gasteiger partial charge on any atom is 0.201 e. The molecule has 88 valence electrons. The molecule has 1 heterocycles. The minimum atomic E-state index is 0.567. The Morgan fingerprint density at radius 1 is 1.29 bits per heavy atom. The SMILES string of the molecule is Nc1nc2ccccc2n1CC1(C2CC2)CC1. The number of anilines is 1. The highest BCUT2D eigenvalue weighted by atomic mass is 15.2. The van der Waals surface area contributed by atoms with Crippen LogP contribution in [0.5, 0.6) is 0 Å². The Bertz CT molecular complexity index is 576. The van der Waals surface area contributed by atoms with E-state index >= 15 is 0 Å². The number of aromatic nitrogens is 2. The molecule has 0 aliphatic heterocycles. The highest BCUT2D eigenvalue weighted by Crippen LogP contribution is 2.62. The highest BCUT2D eigenvalue weighted by Gasteiger charge is 2.54. The van der Waals surface area contributed by atoms with Crippen LogP contribution in [0, 0.1) is 11.3 Å². The summed E-state index contributed by atoms with van der Waals surface area (Å²) in [6.07, 6.45) is 5.60. The molecule has 1 aromatic heterocycles. The van der Waals surface area contributed by atoms with E-state index in [-0.39, 0.29) is 0 Å². The van der Waals surface area contributed by atoms with Crippen LogP contribution in [-0.2, 0) is 6.54 Å². The fourth-order valence-corrected chi connectivity index (χ4v) is 3.13. The molecule has 0 amide bonds. The van der Waals surface area contributed by atoms with Gasteiger partial charge in [0.1, 0.15) is 0 Å². The van der Waals surface area contributed by atoms with E-state index in [9.17, 15) is 0 Å². The van der Waals surface area contributed by atoms with E-state index in [0.29, 0.717) is 11.4 Å². The van der Waals surface area contributed by atoms with Crippen molar-refractivity contribution in [2.45, 2.75) is 32.2 Å². The average Bonchev–Trinajstić information content (AvgIpc) is 3.20. The van der Waals surface area contributed by atoms with Gasteiger partial charge in [-0.05, 0) is 49.1 Å². The first-order valence-corrected chi connectivity index (χ1v) is 6.49. The fourth-order valence-electron chi connectivity index (χ4n) is 3.13. The molecule has 2 aliphatic carbocycles. The number of benzene rings is 1. The number of fused-ring (bicyclic) bond motifs is 1. The van der Waals surface area contributed by atoms with E-state index in [2.05, 4.69) is 21.7 Å². The second kappa shape index (κ2) is 3.03. The van der Waals surface area contributed by atoms with Crippen molar-refractivity contribution < 1.29 is 0 Å². The third kappa shape index (κ3) is 1.38. The van der Waals surface area contributed by atoms with E-state index < -0.39 is 0 Å². The van der Waals surface area contributed by atoms with E-state index in [1.807, 2.05) is 12.1 Å². The molecule has 0 spiro atoms. The van der Waals surface area contributed by atoms with Crippen LogP contribution in [0.15, 0.2) is 24.3 Å². The van der Waals surface area contributed by atoms with Crippen molar-refractivity contribution in [3.05, 3.63) is 24.3 Å². The van der Waals surface area contributed by atoms with Gasteiger partial charge in [0.25, 0.3) is 0 Å². The maximum atomic E-state index is 6.06. The molecular formula is C14H17N3. The normalized spacial score (nSPS) is 21.9. The summed E-state index contributed by atoms with van der Waals surface area (Å²) in [5.41, 5.74) is 8.84. The van der Waals surface area contributed by atoms with Crippen molar-refractivity contribution in [2.24, 2.45) is 11.3 Å². The molecule has 2 aromatic rings. The van der Waals surface area contributed by atoms with Gasteiger partial charge in [0, 0.05) is 6.54 Å². The molecule has 1 aromatic carbocycles. The van der Waals surface area contributed by atoms with Crippen molar-refractivity contribution in [3.8, 4) is 0 Å². The van der Waals surface area contributed by atoms with Gasteiger partial charge in [-0.15, -0.1) is 0 Å². The van der Waals surface area contributed by atoms with Gasteiger partial charge in [-0.25, -0.2) is 4.98 Å². The molecule has 2 fully saturated rings. The van der Waals surface area contributed by atoms with Crippen molar-refractivity contribution in [1.82, 2.24) is 9.55 Å². The Labute approximate surface area is 101 Å². The summed E-state index contributed by atoms with van der Waals surface area (Å²) < 4.78 is 2.22. The van der Waals surface area contributed by atoms with Gasteiger partial charge >= 0.3 is 0 Å². The fraction of sp³-hybridized carbons (Fsp3) is 0.500. The van der Waals surface area contributed by atoms with E-state index in [1.165, 1.54) is 31.2 Å². The molecule has 0 saturated heterocycles. The monoisotopic (exact) mass is 227 g/mol. The molecule has 0 atom stereocenters. The number of rotatable bonds is 3. The predicted molar refractivity (Wildman–Crippen MR) is 68.5 cm³/mol. The molecular weight excluding hydrogens is 210 g/mol. The van der Waals surface area contributed by atoms with Crippen LogP contribution in [0.3, 0.4) is 0 Å². The quantitative estimate of drug-likeness (QED) is 0.876. The minimum absolute atomic E-state index is 0.567. The first-order chi connectivity index (χ1) is 8.28. The maximum absolute atomic E-state index is 6.06. The molecule has 3 heteroatoms. The van der Waals surface area contributed by atoms with Gasteiger partial charge in [-0.2, -0.15) is 0 Å². The number of hydrogen-bond donors (Lipinski definition) is 1. The standard InChI is InChI=1S/C14H17N3/c15-13-16-11-3-1-2-4-12(11)17(13)9-14(7-8-14)10-5-6-10/h1-4,10H,5-9H2,(H2,15,16). The first kappa shape index (κ1) is 9.51. The van der Waals surface area contributed by atoms with Crippen molar-refractivity contribution in [3.63, 3.8) is 0 Å². The largest absolute Gasteiger partial charge is 0.369 e. The number of hydrogen-bond acceptors (Lipinski definition) is 2. The zero-order valence-electron chi connectivity index (χ0n) is 9.89. The van der Waals surface area contributed by atoms with Crippen LogP contribution in [0.1, 0.15) is 25.7 Å². The summed E-state index contributed by atoms with van der Waals surface area (Å²) >= 11 is 0. The number of para-hydroxylation sites is 2. The lowest BCUT2D eigenvalue weighted by Crippen LogP contribution is -2.15. The summed E-state index contributed by atoms with van der Waals surface area (Å²) in [5.74, 6) is 1.64. The topological polar surface area (TPSA) is 43.8 Å². The average molecular weight is 227 g/mol. The van der Waals surface area contributed by atoms with Crippen LogP contribution >= 0.6 is 0 Å². The van der Waals surface area contributed by atoms with Gasteiger partial charge in [0.2, 0.25) is 5.95 Å². The van der Waals surface area contributed by atoms with Gasteiger partial charge in [-0.3, -0.25) is 0 Å². The molecule has 4 rings (SSSR count). The van der Waals surface area contributed by atoms with Crippen LogP contribution in [-0.4, -0.2) is 9.55 Å². The van der Waals surface area contributed by atoms with Gasteiger partial charge in [-0.1, -0.05) is 12.1 Å². The van der Waals surface area contributed by atoms with E-state index in [1.54, 1.807) is 0 Å². The van der Waals surface area contributed by atoms with Crippen LogP contribution in [0.4, 0.5) is 5.95 Å².